The molecule has 2 saturated heterocycles. The molecule has 2 aliphatic heterocycles. The quantitative estimate of drug-likeness (QED) is 0.812. The van der Waals surface area contributed by atoms with Crippen molar-refractivity contribution < 1.29 is 14.0 Å². The van der Waals surface area contributed by atoms with Crippen LogP contribution in [0.1, 0.15) is 48.0 Å². The van der Waals surface area contributed by atoms with Gasteiger partial charge < -0.3 is 15.5 Å². The van der Waals surface area contributed by atoms with Gasteiger partial charge in [-0.05, 0) is 55.5 Å². The summed E-state index contributed by atoms with van der Waals surface area (Å²) in [6, 6.07) is 9.75. The Hall–Kier alpha value is -2.96. The number of amides is 2. The fourth-order valence-electron chi connectivity index (χ4n) is 4.68. The zero-order valence-corrected chi connectivity index (χ0v) is 17.1. The maximum absolute atomic E-state index is 13.6. The lowest BCUT2D eigenvalue weighted by atomic mass is 9.97. The number of benzene rings is 1. The van der Waals surface area contributed by atoms with Crippen molar-refractivity contribution in [1.29, 1.82) is 0 Å². The van der Waals surface area contributed by atoms with Crippen LogP contribution in [0.3, 0.4) is 0 Å². The second-order valence-electron chi connectivity index (χ2n) is 8.10. The topological polar surface area (TPSA) is 74.3 Å². The lowest BCUT2D eigenvalue weighted by Gasteiger charge is -2.33. The summed E-state index contributed by atoms with van der Waals surface area (Å²) >= 11 is 0. The van der Waals surface area contributed by atoms with E-state index in [-0.39, 0.29) is 35.8 Å². The Balaban J connectivity index is 1.65. The van der Waals surface area contributed by atoms with Crippen molar-refractivity contribution in [3.8, 4) is 0 Å². The summed E-state index contributed by atoms with van der Waals surface area (Å²) in [6.07, 6.45) is 6.10. The van der Waals surface area contributed by atoms with E-state index in [0.717, 1.165) is 24.8 Å². The summed E-state index contributed by atoms with van der Waals surface area (Å²) in [6.45, 7) is 0. The Labute approximate surface area is 175 Å². The summed E-state index contributed by atoms with van der Waals surface area (Å²) in [5.74, 6) is 0.366. The van der Waals surface area contributed by atoms with E-state index in [1.807, 2.05) is 4.90 Å². The molecule has 3 atom stereocenters. The lowest BCUT2D eigenvalue weighted by Crippen LogP contribution is -2.49. The standard InChI is InChI=1S/C23H27FN4O2/c1-25-21-13-16(10-11-26-21)23(30)28-18(12-15-6-8-17(24)9-7-15)14-19-20(28)4-2-3-5-22(29)27-19/h6-11,13,18-20H,2-5,12,14H2,1H3,(H,25,26)(H,27,29)/t18-,19+,20-/m1/s1. The highest BCUT2D eigenvalue weighted by Gasteiger charge is 2.44. The van der Waals surface area contributed by atoms with Crippen molar-refractivity contribution in [3.63, 3.8) is 0 Å². The van der Waals surface area contributed by atoms with Gasteiger partial charge in [-0.1, -0.05) is 18.6 Å². The zero-order valence-electron chi connectivity index (χ0n) is 17.1. The molecule has 6 nitrogen and oxygen atoms in total. The predicted molar refractivity (Wildman–Crippen MR) is 113 cm³/mol. The molecule has 158 valence electrons. The Morgan fingerprint density at radius 3 is 2.83 bits per heavy atom. The van der Waals surface area contributed by atoms with E-state index in [2.05, 4.69) is 15.6 Å². The van der Waals surface area contributed by atoms with Gasteiger partial charge in [-0.15, -0.1) is 0 Å². The van der Waals surface area contributed by atoms with Crippen LogP contribution >= 0.6 is 0 Å². The highest BCUT2D eigenvalue weighted by atomic mass is 19.1. The number of hydrogen-bond donors (Lipinski definition) is 2. The zero-order chi connectivity index (χ0) is 21.1. The van der Waals surface area contributed by atoms with Gasteiger partial charge in [0.1, 0.15) is 11.6 Å². The van der Waals surface area contributed by atoms with Gasteiger partial charge in [0.15, 0.2) is 0 Å². The summed E-state index contributed by atoms with van der Waals surface area (Å²) in [7, 11) is 1.77. The smallest absolute Gasteiger partial charge is 0.254 e. The summed E-state index contributed by atoms with van der Waals surface area (Å²) in [4.78, 5) is 32.0. The molecule has 2 N–H and O–H groups in total. The van der Waals surface area contributed by atoms with E-state index in [4.69, 9.17) is 0 Å². The molecule has 1 aromatic heterocycles. The molecule has 7 heteroatoms. The third-order valence-electron chi connectivity index (χ3n) is 6.12. The van der Waals surface area contributed by atoms with Crippen LogP contribution in [0.5, 0.6) is 0 Å². The van der Waals surface area contributed by atoms with Crippen molar-refractivity contribution in [2.24, 2.45) is 0 Å². The van der Waals surface area contributed by atoms with Gasteiger partial charge >= 0.3 is 0 Å². The average molecular weight is 410 g/mol. The van der Waals surface area contributed by atoms with Crippen LogP contribution in [-0.4, -0.2) is 46.9 Å². The minimum Gasteiger partial charge on any atom is -0.373 e. The fraction of sp³-hybridized carbons (Fsp3) is 0.435. The SMILES string of the molecule is CNc1cc(C(=O)N2[C@H](Cc3ccc(F)cc3)C[C@@H]3NC(=O)CCCC[C@H]32)ccn1. The first-order valence-corrected chi connectivity index (χ1v) is 10.6. The van der Waals surface area contributed by atoms with Crippen molar-refractivity contribution >= 4 is 17.6 Å². The van der Waals surface area contributed by atoms with Crippen LogP contribution in [0.25, 0.3) is 0 Å². The number of hydrogen-bond acceptors (Lipinski definition) is 4. The number of rotatable bonds is 4. The van der Waals surface area contributed by atoms with E-state index >= 15 is 0 Å². The summed E-state index contributed by atoms with van der Waals surface area (Å²) in [5.41, 5.74) is 1.55. The van der Waals surface area contributed by atoms with Crippen LogP contribution in [0, 0.1) is 5.82 Å². The average Bonchev–Trinajstić information content (AvgIpc) is 3.06. The molecule has 30 heavy (non-hydrogen) atoms. The van der Waals surface area contributed by atoms with E-state index in [0.29, 0.717) is 30.6 Å². The molecule has 2 amide bonds. The first-order valence-electron chi connectivity index (χ1n) is 10.6. The number of fused-ring (bicyclic) bond motifs is 1. The highest BCUT2D eigenvalue weighted by Crippen LogP contribution is 2.33. The van der Waals surface area contributed by atoms with Crippen molar-refractivity contribution in [3.05, 3.63) is 59.5 Å². The summed E-state index contributed by atoms with van der Waals surface area (Å²) < 4.78 is 13.3. The molecule has 0 radical (unpaired) electrons. The predicted octanol–water partition coefficient (Wildman–Crippen LogP) is 3.15. The number of carbonyl (C=O) groups is 2. The Morgan fingerprint density at radius 2 is 2.07 bits per heavy atom. The Kier molecular flexibility index (Phi) is 5.97. The third-order valence-corrected chi connectivity index (χ3v) is 6.12. The molecule has 0 spiro atoms. The molecular weight excluding hydrogens is 383 g/mol. The monoisotopic (exact) mass is 410 g/mol. The Morgan fingerprint density at radius 1 is 1.27 bits per heavy atom. The van der Waals surface area contributed by atoms with Gasteiger partial charge in [0.2, 0.25) is 5.91 Å². The normalized spacial score (nSPS) is 23.9. The molecular formula is C23H27FN4O2. The van der Waals surface area contributed by atoms with Gasteiger partial charge in [0.25, 0.3) is 5.91 Å². The van der Waals surface area contributed by atoms with Gasteiger partial charge in [-0.25, -0.2) is 9.37 Å². The largest absolute Gasteiger partial charge is 0.373 e. The van der Waals surface area contributed by atoms with Gasteiger partial charge in [0.05, 0.1) is 12.1 Å². The third kappa shape index (κ3) is 4.30. The lowest BCUT2D eigenvalue weighted by molar-refractivity contribution is -0.122. The molecule has 0 unspecified atom stereocenters. The highest BCUT2D eigenvalue weighted by molar-refractivity contribution is 5.95. The van der Waals surface area contributed by atoms with Crippen LogP contribution in [0.4, 0.5) is 10.2 Å². The van der Waals surface area contributed by atoms with Crippen LogP contribution in [-0.2, 0) is 11.2 Å². The number of aromatic nitrogens is 1. The maximum Gasteiger partial charge on any atom is 0.254 e. The van der Waals surface area contributed by atoms with Crippen LogP contribution in [0.15, 0.2) is 42.6 Å². The molecule has 2 fully saturated rings. The molecule has 2 aromatic rings. The minimum atomic E-state index is -0.275. The van der Waals surface area contributed by atoms with Crippen molar-refractivity contribution in [2.75, 3.05) is 12.4 Å². The molecule has 4 rings (SSSR count). The van der Waals surface area contributed by atoms with Gasteiger partial charge in [0, 0.05) is 31.3 Å². The molecule has 1 aromatic carbocycles. The number of nitrogens with zero attached hydrogens (tertiary/aromatic N) is 2. The fourth-order valence-corrected chi connectivity index (χ4v) is 4.68. The van der Waals surface area contributed by atoms with Gasteiger partial charge in [-0.3, -0.25) is 9.59 Å². The minimum absolute atomic E-state index is 0.0431. The number of anilines is 1. The molecule has 0 aliphatic carbocycles. The number of pyridine rings is 1. The maximum atomic E-state index is 13.6. The van der Waals surface area contributed by atoms with Crippen molar-refractivity contribution in [2.45, 2.75) is 56.7 Å². The number of halogens is 1. The van der Waals surface area contributed by atoms with E-state index in [9.17, 15) is 14.0 Å². The molecule has 3 heterocycles. The van der Waals surface area contributed by atoms with E-state index in [1.165, 1.54) is 12.1 Å². The second-order valence-corrected chi connectivity index (χ2v) is 8.10. The first-order chi connectivity index (χ1) is 14.5. The number of likely N-dealkylation sites (tertiary alicyclic amines) is 1. The number of nitrogens with one attached hydrogen (secondary N) is 2. The Bertz CT molecular complexity index is 918. The van der Waals surface area contributed by atoms with Gasteiger partial charge in [-0.2, -0.15) is 0 Å². The van der Waals surface area contributed by atoms with E-state index < -0.39 is 0 Å². The molecule has 2 aliphatic rings. The van der Waals surface area contributed by atoms with Crippen LogP contribution < -0.4 is 10.6 Å². The van der Waals surface area contributed by atoms with Crippen molar-refractivity contribution in [1.82, 2.24) is 15.2 Å². The molecule has 0 bridgehead atoms. The first kappa shape index (κ1) is 20.3. The molecule has 0 saturated carbocycles. The van der Waals surface area contributed by atoms with Crippen LogP contribution in [0.2, 0.25) is 0 Å². The summed E-state index contributed by atoms with van der Waals surface area (Å²) in [5, 5.41) is 6.12. The van der Waals surface area contributed by atoms with E-state index in [1.54, 1.807) is 37.5 Å². The second kappa shape index (κ2) is 8.81. The number of carbonyl (C=O) groups excluding carboxylic acids is 2.